The Labute approximate surface area is 193 Å². The number of hydrogen-bond acceptors (Lipinski definition) is 5. The molecule has 2 aromatic carbocycles. The molecule has 2 heterocycles. The molecule has 1 fully saturated rings. The Kier molecular flexibility index (Phi) is 7.12. The van der Waals surface area contributed by atoms with Crippen LogP contribution in [-0.2, 0) is 6.61 Å². The predicted octanol–water partition coefficient (Wildman–Crippen LogP) is 5.09. The molecule has 1 aliphatic heterocycles. The standard InChI is InChI=1S/C25H28ClN3O3/c1-17-22(18(2)32-28-17)16-31-20-9-7-8-19(14-20)25(30)27-15-24(29-12-5-6-13-29)21-10-3-4-11-23(21)26/h3-4,7-11,14,24H,5-6,12-13,15-16H2,1-2H3,(H,27,30). The molecule has 0 saturated carbocycles. The van der Waals surface area contributed by atoms with Gasteiger partial charge in [0.1, 0.15) is 18.1 Å². The Morgan fingerprint density at radius 3 is 2.69 bits per heavy atom. The van der Waals surface area contributed by atoms with Gasteiger partial charge >= 0.3 is 0 Å². The van der Waals surface area contributed by atoms with Crippen LogP contribution < -0.4 is 10.1 Å². The highest BCUT2D eigenvalue weighted by Crippen LogP contribution is 2.30. The van der Waals surface area contributed by atoms with Gasteiger partial charge in [-0.3, -0.25) is 9.69 Å². The molecule has 0 radical (unpaired) electrons. The summed E-state index contributed by atoms with van der Waals surface area (Å²) in [5, 5.41) is 7.77. The summed E-state index contributed by atoms with van der Waals surface area (Å²) in [5.74, 6) is 1.23. The van der Waals surface area contributed by atoms with Crippen LogP contribution in [0.5, 0.6) is 5.75 Å². The molecule has 168 valence electrons. The van der Waals surface area contributed by atoms with Crippen molar-refractivity contribution in [1.29, 1.82) is 0 Å². The van der Waals surface area contributed by atoms with Crippen LogP contribution in [-0.4, -0.2) is 35.6 Å². The van der Waals surface area contributed by atoms with E-state index in [-0.39, 0.29) is 11.9 Å². The Bertz CT molecular complexity index is 1060. The van der Waals surface area contributed by atoms with Crippen molar-refractivity contribution in [3.8, 4) is 5.75 Å². The Balaban J connectivity index is 1.42. The fourth-order valence-corrected chi connectivity index (χ4v) is 4.38. The maximum Gasteiger partial charge on any atom is 0.251 e. The Morgan fingerprint density at radius 1 is 1.19 bits per heavy atom. The molecule has 1 saturated heterocycles. The van der Waals surface area contributed by atoms with E-state index in [1.807, 2.05) is 50.2 Å². The third kappa shape index (κ3) is 5.14. The lowest BCUT2D eigenvalue weighted by Crippen LogP contribution is -2.37. The minimum absolute atomic E-state index is 0.0501. The lowest BCUT2D eigenvalue weighted by molar-refractivity contribution is 0.0937. The van der Waals surface area contributed by atoms with E-state index in [0.29, 0.717) is 24.5 Å². The Hall–Kier alpha value is -2.83. The average molecular weight is 454 g/mol. The molecule has 32 heavy (non-hydrogen) atoms. The number of carbonyl (C=O) groups excluding carboxylic acids is 1. The van der Waals surface area contributed by atoms with E-state index in [0.717, 1.165) is 40.7 Å². The smallest absolute Gasteiger partial charge is 0.251 e. The first-order valence-corrected chi connectivity index (χ1v) is 11.3. The minimum atomic E-state index is -0.135. The maximum atomic E-state index is 12.9. The van der Waals surface area contributed by atoms with Crippen LogP contribution in [0.15, 0.2) is 53.1 Å². The lowest BCUT2D eigenvalue weighted by atomic mass is 10.0. The van der Waals surface area contributed by atoms with Crippen molar-refractivity contribution in [2.45, 2.75) is 39.3 Å². The second-order valence-corrected chi connectivity index (χ2v) is 8.52. The van der Waals surface area contributed by atoms with Crippen molar-refractivity contribution >= 4 is 17.5 Å². The number of rotatable bonds is 8. The number of hydrogen-bond donors (Lipinski definition) is 1. The van der Waals surface area contributed by atoms with Gasteiger partial charge in [0, 0.05) is 17.1 Å². The molecule has 1 aromatic heterocycles. The van der Waals surface area contributed by atoms with Crippen molar-refractivity contribution in [3.05, 3.63) is 81.7 Å². The maximum absolute atomic E-state index is 12.9. The lowest BCUT2D eigenvalue weighted by Gasteiger charge is -2.29. The highest BCUT2D eigenvalue weighted by Gasteiger charge is 2.25. The van der Waals surface area contributed by atoms with Crippen LogP contribution in [0.1, 0.15) is 51.8 Å². The van der Waals surface area contributed by atoms with E-state index in [2.05, 4.69) is 15.4 Å². The predicted molar refractivity (Wildman–Crippen MR) is 124 cm³/mol. The first-order valence-electron chi connectivity index (χ1n) is 10.9. The number of ether oxygens (including phenoxy) is 1. The summed E-state index contributed by atoms with van der Waals surface area (Å²) < 4.78 is 11.1. The highest BCUT2D eigenvalue weighted by molar-refractivity contribution is 6.31. The monoisotopic (exact) mass is 453 g/mol. The van der Waals surface area contributed by atoms with Crippen molar-refractivity contribution in [1.82, 2.24) is 15.4 Å². The van der Waals surface area contributed by atoms with Crippen LogP contribution in [0.3, 0.4) is 0 Å². The summed E-state index contributed by atoms with van der Waals surface area (Å²) in [4.78, 5) is 15.3. The normalized spacial score (nSPS) is 15.0. The van der Waals surface area contributed by atoms with Crippen LogP contribution >= 0.6 is 11.6 Å². The van der Waals surface area contributed by atoms with E-state index in [1.165, 1.54) is 12.8 Å². The van der Waals surface area contributed by atoms with Crippen molar-refractivity contribution in [3.63, 3.8) is 0 Å². The first-order chi connectivity index (χ1) is 15.5. The largest absolute Gasteiger partial charge is 0.489 e. The first kappa shape index (κ1) is 22.4. The average Bonchev–Trinajstić information content (AvgIpc) is 3.44. The molecule has 1 aliphatic rings. The molecule has 1 unspecified atom stereocenters. The molecule has 6 nitrogen and oxygen atoms in total. The van der Waals surface area contributed by atoms with Gasteiger partial charge < -0.3 is 14.6 Å². The molecule has 0 spiro atoms. The quantitative estimate of drug-likeness (QED) is 0.514. The fourth-order valence-electron chi connectivity index (χ4n) is 4.12. The summed E-state index contributed by atoms with van der Waals surface area (Å²) in [6.07, 6.45) is 2.33. The number of aryl methyl sites for hydroxylation is 2. The van der Waals surface area contributed by atoms with Crippen molar-refractivity contribution < 1.29 is 14.1 Å². The number of amides is 1. The van der Waals surface area contributed by atoms with Gasteiger partial charge in [-0.1, -0.05) is 41.0 Å². The second-order valence-electron chi connectivity index (χ2n) is 8.11. The molecule has 1 N–H and O–H groups in total. The van der Waals surface area contributed by atoms with Crippen LogP contribution in [0.25, 0.3) is 0 Å². The number of nitrogens with zero attached hydrogens (tertiary/aromatic N) is 2. The molecule has 1 amide bonds. The zero-order valence-corrected chi connectivity index (χ0v) is 19.2. The van der Waals surface area contributed by atoms with Crippen molar-refractivity contribution in [2.24, 2.45) is 0 Å². The van der Waals surface area contributed by atoms with E-state index in [1.54, 1.807) is 12.1 Å². The highest BCUT2D eigenvalue weighted by atomic mass is 35.5. The van der Waals surface area contributed by atoms with Crippen LogP contribution in [0.4, 0.5) is 0 Å². The third-order valence-corrected chi connectivity index (χ3v) is 6.31. The fraction of sp³-hybridized carbons (Fsp3) is 0.360. The van der Waals surface area contributed by atoms with Gasteiger partial charge in [0.25, 0.3) is 5.91 Å². The number of nitrogens with one attached hydrogen (secondary N) is 1. The molecule has 0 bridgehead atoms. The summed E-state index contributed by atoms with van der Waals surface area (Å²) in [6.45, 7) is 6.60. The zero-order chi connectivity index (χ0) is 22.5. The summed E-state index contributed by atoms with van der Waals surface area (Å²) >= 11 is 6.48. The molecule has 7 heteroatoms. The number of benzene rings is 2. The molecule has 3 aromatic rings. The molecular weight excluding hydrogens is 426 g/mol. The van der Waals surface area contributed by atoms with E-state index < -0.39 is 0 Å². The van der Waals surface area contributed by atoms with Gasteiger partial charge in [-0.25, -0.2) is 0 Å². The van der Waals surface area contributed by atoms with E-state index >= 15 is 0 Å². The third-order valence-electron chi connectivity index (χ3n) is 5.96. The van der Waals surface area contributed by atoms with Crippen LogP contribution in [0.2, 0.25) is 5.02 Å². The summed E-state index contributed by atoms with van der Waals surface area (Å²) in [7, 11) is 0. The Morgan fingerprint density at radius 2 is 1.97 bits per heavy atom. The molecule has 1 atom stereocenters. The number of likely N-dealkylation sites (tertiary alicyclic amines) is 1. The van der Waals surface area contributed by atoms with Crippen molar-refractivity contribution in [2.75, 3.05) is 19.6 Å². The van der Waals surface area contributed by atoms with Gasteiger partial charge in [-0.15, -0.1) is 0 Å². The summed E-state index contributed by atoms with van der Waals surface area (Å²) in [5.41, 5.74) is 3.34. The number of halogens is 1. The minimum Gasteiger partial charge on any atom is -0.489 e. The van der Waals surface area contributed by atoms with Gasteiger partial charge in [-0.05, 0) is 69.6 Å². The zero-order valence-electron chi connectivity index (χ0n) is 18.4. The summed E-state index contributed by atoms with van der Waals surface area (Å²) in [6, 6.07) is 15.1. The topological polar surface area (TPSA) is 67.6 Å². The van der Waals surface area contributed by atoms with E-state index in [9.17, 15) is 4.79 Å². The van der Waals surface area contributed by atoms with Gasteiger partial charge in [0.05, 0.1) is 17.3 Å². The van der Waals surface area contributed by atoms with E-state index in [4.69, 9.17) is 20.9 Å². The molecular formula is C25H28ClN3O3. The SMILES string of the molecule is Cc1noc(C)c1COc1cccc(C(=O)NCC(c2ccccc2Cl)N2CCCC2)c1. The molecule has 4 rings (SSSR count). The second kappa shape index (κ2) is 10.2. The number of carbonyl (C=O) groups is 1. The van der Waals surface area contributed by atoms with Gasteiger partial charge in [0.2, 0.25) is 0 Å². The number of aromatic nitrogens is 1. The van der Waals surface area contributed by atoms with Crippen LogP contribution in [0, 0.1) is 13.8 Å². The van der Waals surface area contributed by atoms with Gasteiger partial charge in [-0.2, -0.15) is 0 Å². The van der Waals surface area contributed by atoms with Gasteiger partial charge in [0.15, 0.2) is 0 Å². The molecule has 0 aliphatic carbocycles.